The van der Waals surface area contributed by atoms with Crippen molar-refractivity contribution in [3.63, 3.8) is 0 Å². The Labute approximate surface area is 337 Å². The van der Waals surface area contributed by atoms with Crippen LogP contribution in [0.2, 0.25) is 0 Å². The Morgan fingerprint density at radius 1 is 0.310 bits per heavy atom. The van der Waals surface area contributed by atoms with Gasteiger partial charge < -0.3 is 9.32 Å². The van der Waals surface area contributed by atoms with Crippen LogP contribution < -0.4 is 4.90 Å². The summed E-state index contributed by atoms with van der Waals surface area (Å²) in [6, 6.07) is 80.6. The van der Waals surface area contributed by atoms with Gasteiger partial charge in [0.2, 0.25) is 0 Å². The predicted octanol–water partition coefficient (Wildman–Crippen LogP) is 16.0. The van der Waals surface area contributed by atoms with Gasteiger partial charge in [-0.2, -0.15) is 0 Å². The molecule has 272 valence electrons. The molecule has 0 saturated heterocycles. The van der Waals surface area contributed by atoms with E-state index in [1.807, 2.05) is 0 Å². The lowest BCUT2D eigenvalue weighted by Gasteiger charge is -2.29. The summed E-state index contributed by atoms with van der Waals surface area (Å²) in [5.74, 6) is 0. The maximum Gasteiger partial charge on any atom is 0.145 e. The molecule has 0 N–H and O–H groups in total. The maximum atomic E-state index is 6.92. The first-order valence-corrected chi connectivity index (χ1v) is 19.8. The van der Waals surface area contributed by atoms with Crippen molar-refractivity contribution in [3.8, 4) is 44.5 Å². The lowest BCUT2D eigenvalue weighted by atomic mass is 9.94. The quantitative estimate of drug-likeness (QED) is 0.162. The second kappa shape index (κ2) is 14.1. The van der Waals surface area contributed by atoms with E-state index in [0.29, 0.717) is 0 Å². The standard InChI is InChI=1S/C56H37NO/c1-2-15-38(16-3-1)42-21-12-22-43(37-42)39-31-33-44(34-32-39)57(52-29-10-8-25-49(52)47-27-13-19-40-17-4-6-23-45(40)47)53-36-35-50(48-28-14-20-41-18-5-7-24-46(41)48)56-55(53)51-26-9-11-30-54(51)58-56/h1-37H. The molecule has 1 aromatic heterocycles. The summed E-state index contributed by atoms with van der Waals surface area (Å²) in [4.78, 5) is 2.43. The summed E-state index contributed by atoms with van der Waals surface area (Å²) in [6.45, 7) is 0. The van der Waals surface area contributed by atoms with Gasteiger partial charge in [-0.3, -0.25) is 0 Å². The third kappa shape index (κ3) is 5.74. The lowest BCUT2D eigenvalue weighted by molar-refractivity contribution is 0.670. The number of rotatable bonds is 7. The van der Waals surface area contributed by atoms with Gasteiger partial charge in [-0.1, -0.05) is 182 Å². The third-order valence-electron chi connectivity index (χ3n) is 11.5. The molecular weight excluding hydrogens is 703 g/mol. The fourth-order valence-electron chi connectivity index (χ4n) is 8.75. The molecule has 0 aliphatic rings. The molecule has 0 unspecified atom stereocenters. The van der Waals surface area contributed by atoms with E-state index in [1.54, 1.807) is 0 Å². The van der Waals surface area contributed by atoms with E-state index >= 15 is 0 Å². The van der Waals surface area contributed by atoms with Crippen molar-refractivity contribution in [1.82, 2.24) is 0 Å². The van der Waals surface area contributed by atoms with Gasteiger partial charge in [0, 0.05) is 22.2 Å². The molecule has 1 heterocycles. The predicted molar refractivity (Wildman–Crippen MR) is 245 cm³/mol. The zero-order chi connectivity index (χ0) is 38.4. The second-order valence-corrected chi connectivity index (χ2v) is 14.8. The van der Waals surface area contributed by atoms with Gasteiger partial charge in [-0.05, 0) is 97.4 Å². The molecule has 0 aliphatic carbocycles. The topological polar surface area (TPSA) is 16.4 Å². The molecule has 0 bridgehead atoms. The van der Waals surface area contributed by atoms with Crippen LogP contribution in [0.1, 0.15) is 0 Å². The Hall–Kier alpha value is -7.68. The number of anilines is 3. The fourth-order valence-corrected chi connectivity index (χ4v) is 8.75. The number of nitrogens with zero attached hydrogens (tertiary/aromatic N) is 1. The molecular formula is C56H37NO. The van der Waals surface area contributed by atoms with Gasteiger partial charge in [-0.15, -0.1) is 0 Å². The second-order valence-electron chi connectivity index (χ2n) is 14.8. The van der Waals surface area contributed by atoms with Crippen LogP contribution in [0.25, 0.3) is 88.0 Å². The van der Waals surface area contributed by atoms with Crippen LogP contribution in [0.3, 0.4) is 0 Å². The van der Waals surface area contributed by atoms with Crippen molar-refractivity contribution in [1.29, 1.82) is 0 Å². The van der Waals surface area contributed by atoms with E-state index in [9.17, 15) is 0 Å². The molecule has 2 heteroatoms. The van der Waals surface area contributed by atoms with Crippen molar-refractivity contribution in [2.24, 2.45) is 0 Å². The highest BCUT2D eigenvalue weighted by molar-refractivity contribution is 6.19. The Balaban J connectivity index is 1.15. The SMILES string of the molecule is c1ccc(-c2cccc(-c3ccc(N(c4ccccc4-c4cccc5ccccc45)c4ccc(-c5cccc6ccccc56)c5oc6ccccc6c45)cc3)c2)cc1. The van der Waals surface area contributed by atoms with Crippen LogP contribution in [-0.4, -0.2) is 0 Å². The Morgan fingerprint density at radius 2 is 0.828 bits per heavy atom. The highest BCUT2D eigenvalue weighted by atomic mass is 16.3. The number of furan rings is 1. The molecule has 2 nitrogen and oxygen atoms in total. The largest absolute Gasteiger partial charge is 0.455 e. The summed E-state index contributed by atoms with van der Waals surface area (Å²) >= 11 is 0. The van der Waals surface area contributed by atoms with Crippen molar-refractivity contribution >= 4 is 60.5 Å². The van der Waals surface area contributed by atoms with E-state index in [0.717, 1.165) is 61.3 Å². The summed E-state index contributed by atoms with van der Waals surface area (Å²) in [5.41, 5.74) is 14.2. The van der Waals surface area contributed by atoms with E-state index in [2.05, 4.69) is 229 Å². The smallest absolute Gasteiger partial charge is 0.145 e. The maximum absolute atomic E-state index is 6.92. The summed E-state index contributed by atoms with van der Waals surface area (Å²) in [6.07, 6.45) is 0. The molecule has 10 aromatic carbocycles. The van der Waals surface area contributed by atoms with Crippen LogP contribution in [0.4, 0.5) is 17.1 Å². The number of benzene rings is 10. The van der Waals surface area contributed by atoms with Crippen LogP contribution in [0.15, 0.2) is 229 Å². The van der Waals surface area contributed by atoms with E-state index in [-0.39, 0.29) is 0 Å². The zero-order valence-electron chi connectivity index (χ0n) is 31.7. The summed E-state index contributed by atoms with van der Waals surface area (Å²) < 4.78 is 6.92. The minimum atomic E-state index is 0.863. The molecule has 58 heavy (non-hydrogen) atoms. The number of para-hydroxylation sites is 2. The average Bonchev–Trinajstić information content (AvgIpc) is 3.70. The van der Waals surface area contributed by atoms with Gasteiger partial charge in [0.25, 0.3) is 0 Å². The number of fused-ring (bicyclic) bond motifs is 5. The van der Waals surface area contributed by atoms with Crippen LogP contribution in [0.5, 0.6) is 0 Å². The van der Waals surface area contributed by atoms with Gasteiger partial charge in [0.05, 0.1) is 16.8 Å². The fraction of sp³-hybridized carbons (Fsp3) is 0. The third-order valence-corrected chi connectivity index (χ3v) is 11.5. The molecule has 0 spiro atoms. The van der Waals surface area contributed by atoms with Crippen molar-refractivity contribution in [2.45, 2.75) is 0 Å². The van der Waals surface area contributed by atoms with E-state index in [1.165, 1.54) is 43.8 Å². The van der Waals surface area contributed by atoms with E-state index in [4.69, 9.17) is 4.42 Å². The molecule has 11 aromatic rings. The average molecular weight is 740 g/mol. The molecule has 0 radical (unpaired) electrons. The van der Waals surface area contributed by atoms with Gasteiger partial charge in [0.1, 0.15) is 11.2 Å². The highest BCUT2D eigenvalue weighted by Gasteiger charge is 2.25. The van der Waals surface area contributed by atoms with Crippen LogP contribution in [-0.2, 0) is 0 Å². The van der Waals surface area contributed by atoms with Crippen molar-refractivity contribution in [2.75, 3.05) is 4.90 Å². The Kier molecular flexibility index (Phi) is 8.19. The zero-order valence-corrected chi connectivity index (χ0v) is 31.7. The van der Waals surface area contributed by atoms with Crippen molar-refractivity contribution in [3.05, 3.63) is 224 Å². The minimum absolute atomic E-state index is 0.863. The van der Waals surface area contributed by atoms with Gasteiger partial charge in [-0.25, -0.2) is 0 Å². The lowest BCUT2D eigenvalue weighted by Crippen LogP contribution is -2.12. The molecule has 0 amide bonds. The van der Waals surface area contributed by atoms with Gasteiger partial charge >= 0.3 is 0 Å². The molecule has 0 saturated carbocycles. The van der Waals surface area contributed by atoms with E-state index < -0.39 is 0 Å². The molecule has 11 rings (SSSR count). The first kappa shape index (κ1) is 33.6. The number of hydrogen-bond donors (Lipinski definition) is 0. The minimum Gasteiger partial charge on any atom is -0.455 e. The van der Waals surface area contributed by atoms with Crippen LogP contribution in [0, 0.1) is 0 Å². The van der Waals surface area contributed by atoms with Crippen LogP contribution >= 0.6 is 0 Å². The first-order valence-electron chi connectivity index (χ1n) is 19.8. The Morgan fingerprint density at radius 3 is 1.55 bits per heavy atom. The van der Waals surface area contributed by atoms with Crippen molar-refractivity contribution < 1.29 is 4.42 Å². The highest BCUT2D eigenvalue weighted by Crippen LogP contribution is 2.49. The normalized spacial score (nSPS) is 11.4. The monoisotopic (exact) mass is 739 g/mol. The molecule has 0 aliphatic heterocycles. The summed E-state index contributed by atoms with van der Waals surface area (Å²) in [7, 11) is 0. The Bertz CT molecular complexity index is 3270. The first-order chi connectivity index (χ1) is 28.8. The number of hydrogen-bond acceptors (Lipinski definition) is 2. The molecule has 0 fully saturated rings. The van der Waals surface area contributed by atoms with Gasteiger partial charge in [0.15, 0.2) is 0 Å². The summed E-state index contributed by atoms with van der Waals surface area (Å²) in [5, 5.41) is 6.99. The molecule has 0 atom stereocenters.